The van der Waals surface area contributed by atoms with E-state index in [0.29, 0.717) is 0 Å². The van der Waals surface area contributed by atoms with Gasteiger partial charge in [0, 0.05) is 23.2 Å². The molecule has 2 rings (SSSR count). The lowest BCUT2D eigenvalue weighted by Crippen LogP contribution is -2.38. The zero-order valence-electron chi connectivity index (χ0n) is 12.3. The highest BCUT2D eigenvalue weighted by Gasteiger charge is 2.11. The van der Waals surface area contributed by atoms with Crippen molar-refractivity contribution in [1.82, 2.24) is 30.5 Å². The van der Waals surface area contributed by atoms with Crippen LogP contribution in [0.3, 0.4) is 0 Å². The summed E-state index contributed by atoms with van der Waals surface area (Å²) in [5.74, 6) is 0.811. The van der Waals surface area contributed by atoms with Crippen molar-refractivity contribution in [2.45, 2.75) is 50.7 Å². The molecule has 0 saturated heterocycles. The Labute approximate surface area is 127 Å². The van der Waals surface area contributed by atoms with Gasteiger partial charge in [0.05, 0.1) is 12.3 Å². The molecule has 2 aromatic heterocycles. The van der Waals surface area contributed by atoms with Crippen molar-refractivity contribution in [2.24, 2.45) is 0 Å². The third kappa shape index (κ3) is 4.84. The maximum absolute atomic E-state index is 4.44. The van der Waals surface area contributed by atoms with E-state index < -0.39 is 0 Å². The van der Waals surface area contributed by atoms with E-state index >= 15 is 0 Å². The molecule has 0 unspecified atom stereocenters. The molecule has 0 radical (unpaired) electrons. The van der Waals surface area contributed by atoms with Gasteiger partial charge in [-0.1, -0.05) is 11.8 Å². The second-order valence-corrected chi connectivity index (χ2v) is 7.42. The van der Waals surface area contributed by atoms with E-state index in [4.69, 9.17) is 0 Å². The molecule has 0 aliphatic heterocycles. The highest BCUT2D eigenvalue weighted by atomic mass is 32.2. The molecule has 1 N–H and O–H groups in total. The molecule has 2 heterocycles. The van der Waals surface area contributed by atoms with Gasteiger partial charge in [0.1, 0.15) is 5.01 Å². The average Bonchev–Trinajstić information content (AvgIpc) is 2.94. The Morgan fingerprint density at radius 3 is 2.85 bits per heavy atom. The quantitative estimate of drug-likeness (QED) is 0.824. The van der Waals surface area contributed by atoms with Gasteiger partial charge in [0.2, 0.25) is 5.16 Å². The van der Waals surface area contributed by atoms with Gasteiger partial charge in [0.15, 0.2) is 0 Å². The van der Waals surface area contributed by atoms with Gasteiger partial charge < -0.3 is 5.32 Å². The molecule has 0 aliphatic rings. The summed E-state index contributed by atoms with van der Waals surface area (Å²) >= 11 is 3.30. The summed E-state index contributed by atoms with van der Waals surface area (Å²) in [6, 6.07) is 0. The zero-order chi connectivity index (χ0) is 14.6. The Morgan fingerprint density at radius 1 is 1.40 bits per heavy atom. The number of rotatable bonds is 6. The Balaban J connectivity index is 1.85. The van der Waals surface area contributed by atoms with Crippen LogP contribution < -0.4 is 5.32 Å². The molecule has 0 fully saturated rings. The highest BCUT2D eigenvalue weighted by molar-refractivity contribution is 7.98. The van der Waals surface area contributed by atoms with E-state index in [1.54, 1.807) is 23.1 Å². The second-order valence-electron chi connectivity index (χ2n) is 5.53. The molecule has 0 bridgehead atoms. The van der Waals surface area contributed by atoms with Crippen molar-refractivity contribution in [3.63, 3.8) is 0 Å². The van der Waals surface area contributed by atoms with Crippen LogP contribution in [0.15, 0.2) is 10.5 Å². The number of hydrogen-bond acceptors (Lipinski definition) is 7. The van der Waals surface area contributed by atoms with Crippen LogP contribution in [-0.4, -0.2) is 37.3 Å². The maximum Gasteiger partial charge on any atom is 0.209 e. The predicted octanol–water partition coefficient (Wildman–Crippen LogP) is 2.12. The summed E-state index contributed by atoms with van der Waals surface area (Å²) in [5.41, 5.74) is 1.18. The van der Waals surface area contributed by atoms with Gasteiger partial charge in [0.25, 0.3) is 0 Å². The molecule has 6 nitrogen and oxygen atoms in total. The van der Waals surface area contributed by atoms with Gasteiger partial charge >= 0.3 is 0 Å². The van der Waals surface area contributed by atoms with Crippen LogP contribution in [0, 0.1) is 6.92 Å². The molecule has 0 aromatic carbocycles. The van der Waals surface area contributed by atoms with Crippen molar-refractivity contribution in [3.05, 3.63) is 16.1 Å². The number of aromatic nitrogens is 5. The lowest BCUT2D eigenvalue weighted by Gasteiger charge is -2.20. The van der Waals surface area contributed by atoms with Crippen LogP contribution in [-0.2, 0) is 12.3 Å². The summed E-state index contributed by atoms with van der Waals surface area (Å²) in [6.45, 7) is 10.1. The standard InChI is InChI=1S/C12H20N6S2/c1-9-7-19-10(14-9)8-20-11-15-16-17-18(11)6-5-13-12(2,3)4/h7,13H,5-6,8H2,1-4H3. The molecule has 0 amide bonds. The number of thiazole rings is 1. The van der Waals surface area contributed by atoms with Crippen molar-refractivity contribution in [3.8, 4) is 0 Å². The van der Waals surface area contributed by atoms with Crippen LogP contribution >= 0.6 is 23.1 Å². The first-order valence-electron chi connectivity index (χ1n) is 6.49. The summed E-state index contributed by atoms with van der Waals surface area (Å²) in [5, 5.41) is 19.3. The lowest BCUT2D eigenvalue weighted by molar-refractivity contribution is 0.396. The molecule has 0 spiro atoms. The van der Waals surface area contributed by atoms with Crippen molar-refractivity contribution in [1.29, 1.82) is 0 Å². The molecular formula is C12H20N6S2. The Hall–Kier alpha value is -0.990. The molecular weight excluding hydrogens is 292 g/mol. The molecule has 2 aromatic rings. The highest BCUT2D eigenvalue weighted by Crippen LogP contribution is 2.21. The van der Waals surface area contributed by atoms with Crippen molar-refractivity contribution in [2.75, 3.05) is 6.54 Å². The molecule has 0 saturated carbocycles. The van der Waals surface area contributed by atoms with Crippen LogP contribution in [0.4, 0.5) is 0 Å². The van der Waals surface area contributed by atoms with Gasteiger partial charge in [-0.15, -0.1) is 16.4 Å². The summed E-state index contributed by atoms with van der Waals surface area (Å²) in [7, 11) is 0. The van der Waals surface area contributed by atoms with Gasteiger partial charge in [-0.2, -0.15) is 0 Å². The van der Waals surface area contributed by atoms with E-state index in [2.05, 4.69) is 52.0 Å². The number of tetrazole rings is 1. The largest absolute Gasteiger partial charge is 0.310 e. The first-order chi connectivity index (χ1) is 9.44. The van der Waals surface area contributed by atoms with Gasteiger partial charge in [-0.25, -0.2) is 9.67 Å². The van der Waals surface area contributed by atoms with Crippen molar-refractivity contribution < 1.29 is 0 Å². The molecule has 0 atom stereocenters. The number of aryl methyl sites for hydroxylation is 1. The number of nitrogens with zero attached hydrogens (tertiary/aromatic N) is 5. The Kier molecular flexibility index (Phi) is 5.11. The monoisotopic (exact) mass is 312 g/mol. The number of nitrogens with one attached hydrogen (secondary N) is 1. The molecule has 20 heavy (non-hydrogen) atoms. The lowest BCUT2D eigenvalue weighted by atomic mass is 10.1. The van der Waals surface area contributed by atoms with E-state index in [1.165, 1.54) is 0 Å². The fourth-order valence-corrected chi connectivity index (χ4v) is 3.27. The third-order valence-electron chi connectivity index (χ3n) is 2.47. The fourth-order valence-electron chi connectivity index (χ4n) is 1.57. The summed E-state index contributed by atoms with van der Waals surface area (Å²) in [4.78, 5) is 4.44. The summed E-state index contributed by atoms with van der Waals surface area (Å²) < 4.78 is 1.84. The van der Waals surface area contributed by atoms with E-state index in [1.807, 2.05) is 11.6 Å². The smallest absolute Gasteiger partial charge is 0.209 e. The molecule has 110 valence electrons. The van der Waals surface area contributed by atoms with Crippen LogP contribution in [0.25, 0.3) is 0 Å². The third-order valence-corrected chi connectivity index (χ3v) is 4.59. The fraction of sp³-hybridized carbons (Fsp3) is 0.667. The first-order valence-corrected chi connectivity index (χ1v) is 8.35. The minimum absolute atomic E-state index is 0.111. The first kappa shape index (κ1) is 15.4. The minimum atomic E-state index is 0.111. The Morgan fingerprint density at radius 2 is 2.20 bits per heavy atom. The summed E-state index contributed by atoms with van der Waals surface area (Å²) in [6.07, 6.45) is 0. The zero-order valence-corrected chi connectivity index (χ0v) is 13.9. The minimum Gasteiger partial charge on any atom is -0.310 e. The average molecular weight is 312 g/mol. The van der Waals surface area contributed by atoms with Crippen LogP contribution in [0.1, 0.15) is 31.5 Å². The number of hydrogen-bond donors (Lipinski definition) is 1. The van der Waals surface area contributed by atoms with E-state index in [0.717, 1.165) is 34.7 Å². The van der Waals surface area contributed by atoms with Gasteiger partial charge in [-0.3, -0.25) is 0 Å². The van der Waals surface area contributed by atoms with Gasteiger partial charge in [-0.05, 0) is 38.1 Å². The predicted molar refractivity (Wildman–Crippen MR) is 82.0 cm³/mol. The second kappa shape index (κ2) is 6.64. The topological polar surface area (TPSA) is 68.5 Å². The maximum atomic E-state index is 4.44. The number of thioether (sulfide) groups is 1. The van der Waals surface area contributed by atoms with E-state index in [9.17, 15) is 0 Å². The van der Waals surface area contributed by atoms with E-state index in [-0.39, 0.29) is 5.54 Å². The molecule has 8 heteroatoms. The van der Waals surface area contributed by atoms with Crippen LogP contribution in [0.5, 0.6) is 0 Å². The van der Waals surface area contributed by atoms with Crippen molar-refractivity contribution >= 4 is 23.1 Å². The van der Waals surface area contributed by atoms with Crippen LogP contribution in [0.2, 0.25) is 0 Å². The Bertz CT molecular complexity index is 542. The SMILES string of the molecule is Cc1csc(CSc2nnnn2CCNC(C)(C)C)n1. The normalized spacial score (nSPS) is 12.0. The molecule has 0 aliphatic carbocycles.